The molecule has 0 amide bonds. The predicted molar refractivity (Wildman–Crippen MR) is 126 cm³/mol. The predicted octanol–water partition coefficient (Wildman–Crippen LogP) is 3.73. The van der Waals surface area contributed by atoms with Gasteiger partial charge in [-0.05, 0) is 62.0 Å². The zero-order chi connectivity index (χ0) is 22.8. The topological polar surface area (TPSA) is 79.6 Å². The summed E-state index contributed by atoms with van der Waals surface area (Å²) < 4.78 is 6.88. The van der Waals surface area contributed by atoms with Crippen LogP contribution in [-0.4, -0.2) is 44.3 Å². The second kappa shape index (κ2) is 9.00. The number of methoxy groups -OCH3 is 1. The number of thiocarbonyl (C=S) groups is 1. The number of esters is 1. The van der Waals surface area contributed by atoms with Crippen molar-refractivity contribution in [3.05, 3.63) is 77.4 Å². The fraction of sp³-hybridized carbons (Fsp3) is 0.292. The Balaban J connectivity index is 1.81. The molecule has 0 bridgehead atoms. The number of phenolic OH excluding ortho intramolecular Hbond substituents is 1. The lowest BCUT2D eigenvalue weighted by atomic mass is 9.96. The molecule has 1 fully saturated rings. The molecule has 1 saturated heterocycles. The van der Waals surface area contributed by atoms with Crippen molar-refractivity contribution in [1.29, 1.82) is 0 Å². The lowest BCUT2D eigenvalue weighted by Gasteiger charge is -2.28. The van der Waals surface area contributed by atoms with E-state index in [4.69, 9.17) is 17.0 Å². The fourth-order valence-electron chi connectivity index (χ4n) is 4.41. The van der Waals surface area contributed by atoms with Crippen molar-refractivity contribution in [2.75, 3.05) is 13.7 Å². The van der Waals surface area contributed by atoms with Crippen molar-refractivity contribution in [2.45, 2.75) is 32.4 Å². The molecular weight excluding hydrogens is 424 g/mol. The summed E-state index contributed by atoms with van der Waals surface area (Å²) in [6, 6.07) is 14.8. The Bertz CT molecular complexity index is 1150. The number of aryl methyl sites for hydroxylation is 1. The van der Waals surface area contributed by atoms with E-state index in [1.165, 1.54) is 7.11 Å². The third-order valence-corrected chi connectivity index (χ3v) is 6.25. The SMILES string of the molecule is COC(=O)CCN1C(=S)N[C@@H](c2ccccn2)[C@H]1c1cc(C)n(-c2ccccc2O)c1C. The Morgan fingerprint density at radius 1 is 1.22 bits per heavy atom. The molecule has 0 aliphatic carbocycles. The van der Waals surface area contributed by atoms with Crippen molar-refractivity contribution in [3.63, 3.8) is 0 Å². The van der Waals surface area contributed by atoms with E-state index in [1.54, 1.807) is 18.3 Å². The fourth-order valence-corrected chi connectivity index (χ4v) is 4.74. The van der Waals surface area contributed by atoms with Crippen LogP contribution in [0.15, 0.2) is 54.7 Å². The zero-order valence-corrected chi connectivity index (χ0v) is 19.1. The van der Waals surface area contributed by atoms with Gasteiger partial charge >= 0.3 is 5.97 Å². The number of nitrogens with one attached hydrogen (secondary N) is 1. The van der Waals surface area contributed by atoms with Crippen LogP contribution in [0.1, 0.15) is 41.1 Å². The van der Waals surface area contributed by atoms with Gasteiger partial charge in [0.25, 0.3) is 0 Å². The molecular formula is C24H26N4O3S. The number of carbonyl (C=O) groups is 1. The molecule has 0 spiro atoms. The molecule has 1 aromatic carbocycles. The third-order valence-electron chi connectivity index (χ3n) is 5.89. The van der Waals surface area contributed by atoms with Crippen LogP contribution in [0.25, 0.3) is 5.69 Å². The van der Waals surface area contributed by atoms with Crippen LogP contribution < -0.4 is 5.32 Å². The normalized spacial score (nSPS) is 18.0. The van der Waals surface area contributed by atoms with Crippen molar-refractivity contribution in [3.8, 4) is 11.4 Å². The van der Waals surface area contributed by atoms with Gasteiger partial charge in [-0.1, -0.05) is 18.2 Å². The third kappa shape index (κ3) is 3.93. The van der Waals surface area contributed by atoms with E-state index in [9.17, 15) is 9.90 Å². The molecule has 0 unspecified atom stereocenters. The average Bonchev–Trinajstić information content (AvgIpc) is 3.28. The molecule has 3 aromatic rings. The van der Waals surface area contributed by atoms with E-state index < -0.39 is 0 Å². The molecule has 32 heavy (non-hydrogen) atoms. The first-order valence-corrected chi connectivity index (χ1v) is 10.8. The van der Waals surface area contributed by atoms with Crippen LogP contribution in [0.2, 0.25) is 0 Å². The lowest BCUT2D eigenvalue weighted by molar-refractivity contribution is -0.140. The maximum absolute atomic E-state index is 11.9. The smallest absolute Gasteiger partial charge is 0.307 e. The second-order valence-corrected chi connectivity index (χ2v) is 8.18. The number of para-hydroxylation sites is 2. The Hall–Kier alpha value is -3.39. The Morgan fingerprint density at radius 3 is 2.66 bits per heavy atom. The van der Waals surface area contributed by atoms with E-state index >= 15 is 0 Å². The maximum atomic E-state index is 11.9. The van der Waals surface area contributed by atoms with E-state index in [0.717, 1.165) is 28.3 Å². The van der Waals surface area contributed by atoms with Gasteiger partial charge in [0.2, 0.25) is 0 Å². The molecule has 1 aliphatic heterocycles. The molecule has 2 N–H and O–H groups in total. The average molecular weight is 451 g/mol. The number of carbonyl (C=O) groups excluding carboxylic acids is 1. The highest BCUT2D eigenvalue weighted by atomic mass is 32.1. The van der Waals surface area contributed by atoms with Gasteiger partial charge in [-0.25, -0.2) is 0 Å². The maximum Gasteiger partial charge on any atom is 0.307 e. The first-order chi connectivity index (χ1) is 15.4. The van der Waals surface area contributed by atoms with Gasteiger partial charge < -0.3 is 24.6 Å². The molecule has 4 rings (SSSR count). The highest BCUT2D eigenvalue weighted by molar-refractivity contribution is 7.80. The minimum absolute atomic E-state index is 0.173. The number of aromatic hydroxyl groups is 1. The summed E-state index contributed by atoms with van der Waals surface area (Å²) in [6.45, 7) is 4.47. The number of hydrogen-bond donors (Lipinski definition) is 2. The molecule has 3 heterocycles. The molecule has 0 saturated carbocycles. The number of nitrogens with zero attached hydrogens (tertiary/aromatic N) is 3. The first-order valence-electron chi connectivity index (χ1n) is 10.4. The number of phenols is 1. The van der Waals surface area contributed by atoms with Gasteiger partial charge in [0.15, 0.2) is 5.11 Å². The molecule has 7 nitrogen and oxygen atoms in total. The highest BCUT2D eigenvalue weighted by Gasteiger charge is 2.41. The van der Waals surface area contributed by atoms with Crippen LogP contribution >= 0.6 is 12.2 Å². The molecule has 2 atom stereocenters. The van der Waals surface area contributed by atoms with Crippen molar-refractivity contribution < 1.29 is 14.6 Å². The number of aromatic nitrogens is 2. The number of benzene rings is 1. The molecule has 8 heteroatoms. The Morgan fingerprint density at radius 2 is 1.97 bits per heavy atom. The number of rotatable bonds is 6. The van der Waals surface area contributed by atoms with Crippen LogP contribution in [-0.2, 0) is 9.53 Å². The largest absolute Gasteiger partial charge is 0.506 e. The van der Waals surface area contributed by atoms with E-state index in [1.807, 2.05) is 53.6 Å². The van der Waals surface area contributed by atoms with Crippen molar-refractivity contribution >= 4 is 23.3 Å². The summed E-state index contributed by atoms with van der Waals surface area (Å²) in [5.74, 6) is -0.0720. The summed E-state index contributed by atoms with van der Waals surface area (Å²) >= 11 is 5.67. The van der Waals surface area contributed by atoms with Crippen LogP contribution in [0.3, 0.4) is 0 Å². The summed E-state index contributed by atoms with van der Waals surface area (Å²) in [4.78, 5) is 18.5. The van der Waals surface area contributed by atoms with Gasteiger partial charge in [0, 0.05) is 24.1 Å². The monoisotopic (exact) mass is 450 g/mol. The standard InChI is InChI=1S/C24H26N4O3S/c1-15-14-17(16(2)28(15)19-9-4-5-10-20(19)29)23-22(18-8-6-7-12-25-18)26-24(32)27(23)13-11-21(30)31-3/h4-10,12,14,22-23,29H,11,13H2,1-3H3,(H,26,32)/t22-,23+/m0/s1. The number of hydrogen-bond acceptors (Lipinski definition) is 5. The van der Waals surface area contributed by atoms with E-state index in [2.05, 4.69) is 16.4 Å². The minimum Gasteiger partial charge on any atom is -0.506 e. The molecule has 166 valence electrons. The highest BCUT2D eigenvalue weighted by Crippen LogP contribution is 2.42. The van der Waals surface area contributed by atoms with Gasteiger partial charge in [-0.3, -0.25) is 9.78 Å². The minimum atomic E-state index is -0.285. The molecule has 1 aliphatic rings. The summed E-state index contributed by atoms with van der Waals surface area (Å²) in [5, 5.41) is 14.4. The molecule has 0 radical (unpaired) electrons. The zero-order valence-electron chi connectivity index (χ0n) is 18.3. The summed E-state index contributed by atoms with van der Waals surface area (Å²) in [7, 11) is 1.39. The summed E-state index contributed by atoms with van der Waals surface area (Å²) in [5.41, 5.74) is 4.62. The Labute approximate surface area is 192 Å². The van der Waals surface area contributed by atoms with Crippen LogP contribution in [0, 0.1) is 13.8 Å². The first kappa shape index (κ1) is 21.8. The molecule has 2 aromatic heterocycles. The quantitative estimate of drug-likeness (QED) is 0.438. The Kier molecular flexibility index (Phi) is 6.14. The second-order valence-electron chi connectivity index (χ2n) is 7.80. The lowest BCUT2D eigenvalue weighted by Crippen LogP contribution is -2.32. The van der Waals surface area contributed by atoms with Gasteiger partial charge in [-0.15, -0.1) is 0 Å². The van der Waals surface area contributed by atoms with Crippen molar-refractivity contribution in [2.24, 2.45) is 0 Å². The van der Waals surface area contributed by atoms with E-state index in [-0.39, 0.29) is 30.2 Å². The summed E-state index contributed by atoms with van der Waals surface area (Å²) in [6.07, 6.45) is 1.99. The number of ether oxygens (including phenoxy) is 1. The van der Waals surface area contributed by atoms with E-state index in [0.29, 0.717) is 11.7 Å². The van der Waals surface area contributed by atoms with Crippen LogP contribution in [0.5, 0.6) is 5.75 Å². The van der Waals surface area contributed by atoms with Crippen LogP contribution in [0.4, 0.5) is 0 Å². The number of pyridine rings is 1. The van der Waals surface area contributed by atoms with Gasteiger partial charge in [0.1, 0.15) is 5.75 Å². The van der Waals surface area contributed by atoms with Gasteiger partial charge in [-0.2, -0.15) is 0 Å². The van der Waals surface area contributed by atoms with Gasteiger partial charge in [0.05, 0.1) is 37.0 Å². The van der Waals surface area contributed by atoms with Crippen molar-refractivity contribution in [1.82, 2.24) is 19.8 Å².